The van der Waals surface area contributed by atoms with E-state index in [0.29, 0.717) is 10.6 Å². The van der Waals surface area contributed by atoms with Crippen LogP contribution < -0.4 is 5.73 Å². The van der Waals surface area contributed by atoms with E-state index in [1.165, 1.54) is 0 Å². The van der Waals surface area contributed by atoms with Crippen LogP contribution in [0.1, 0.15) is 0 Å². The van der Waals surface area contributed by atoms with E-state index >= 15 is 0 Å². The van der Waals surface area contributed by atoms with Crippen molar-refractivity contribution in [2.24, 2.45) is 5.73 Å². The molecule has 0 aliphatic heterocycles. The summed E-state index contributed by atoms with van der Waals surface area (Å²) >= 11 is 3.89. The lowest BCUT2D eigenvalue weighted by molar-refractivity contribution is 1.45. The van der Waals surface area contributed by atoms with Gasteiger partial charge in [0.25, 0.3) is 0 Å². The monoisotopic (exact) mass is 127 g/mol. The van der Waals surface area contributed by atoms with Gasteiger partial charge in [-0.25, -0.2) is 0 Å². The molecule has 2 N–H and O–H groups in total. The predicted molar refractivity (Wildman–Crippen MR) is 40.6 cm³/mol. The van der Waals surface area contributed by atoms with Crippen molar-refractivity contribution in [1.82, 2.24) is 0 Å². The van der Waals surface area contributed by atoms with Crippen LogP contribution in [0.4, 0.5) is 0 Å². The first kappa shape index (κ1) is 7.37. The van der Waals surface area contributed by atoms with Crippen LogP contribution in [0.2, 0.25) is 0 Å². The maximum atomic E-state index is 5.18. The summed E-state index contributed by atoms with van der Waals surface area (Å²) in [6.45, 7) is 6.95. The topological polar surface area (TPSA) is 26.0 Å². The van der Waals surface area contributed by atoms with Crippen molar-refractivity contribution in [2.75, 3.05) is 0 Å². The Bertz CT molecular complexity index is 119. The van der Waals surface area contributed by atoms with E-state index in [1.54, 1.807) is 12.2 Å². The van der Waals surface area contributed by atoms with E-state index < -0.39 is 0 Å². The van der Waals surface area contributed by atoms with Crippen LogP contribution in [0, 0.1) is 0 Å². The Labute approximate surface area is 55.0 Å². The molecule has 0 aromatic carbocycles. The molecule has 1 nitrogen and oxygen atoms in total. The minimum absolute atomic E-state index is 0.514. The van der Waals surface area contributed by atoms with Crippen LogP contribution in [-0.2, 0) is 0 Å². The Kier molecular flexibility index (Phi) is 3.12. The summed E-state index contributed by atoms with van der Waals surface area (Å²) in [4.78, 5) is 0.677. The fourth-order valence-electron chi connectivity index (χ4n) is 0.203. The minimum atomic E-state index is 0.514. The average molecular weight is 127 g/mol. The molecule has 0 heterocycles. The molecule has 0 fully saturated rings. The SMILES string of the molecule is C=C(N)/C=C\C(=C)S. The van der Waals surface area contributed by atoms with Crippen molar-refractivity contribution >= 4 is 12.6 Å². The molecule has 44 valence electrons. The molecule has 0 unspecified atom stereocenters. The standard InChI is InChI=1S/C6H9NS/c1-5(7)3-4-6(2)8/h3-4,8H,1-2,7H2/b4-3-. The molecule has 2 heteroatoms. The van der Waals surface area contributed by atoms with Crippen LogP contribution in [0.25, 0.3) is 0 Å². The predicted octanol–water partition coefficient (Wildman–Crippen LogP) is 1.46. The van der Waals surface area contributed by atoms with Crippen LogP contribution in [-0.4, -0.2) is 0 Å². The molecule has 0 amide bonds. The summed E-state index contributed by atoms with van der Waals surface area (Å²) in [5.41, 5.74) is 5.70. The third kappa shape index (κ3) is 5.37. The molecule has 0 saturated heterocycles. The van der Waals surface area contributed by atoms with Gasteiger partial charge in [-0.1, -0.05) is 13.2 Å². The van der Waals surface area contributed by atoms with Crippen molar-refractivity contribution in [3.05, 3.63) is 35.9 Å². The van der Waals surface area contributed by atoms with Gasteiger partial charge in [-0.3, -0.25) is 0 Å². The summed E-state index contributed by atoms with van der Waals surface area (Å²) in [7, 11) is 0. The van der Waals surface area contributed by atoms with Gasteiger partial charge in [-0.15, -0.1) is 12.6 Å². The highest BCUT2D eigenvalue weighted by molar-refractivity contribution is 7.84. The molecular formula is C6H9NS. The molecule has 0 atom stereocenters. The van der Waals surface area contributed by atoms with E-state index in [1.807, 2.05) is 0 Å². The summed E-state index contributed by atoms with van der Waals surface area (Å²) < 4.78 is 0. The van der Waals surface area contributed by atoms with E-state index in [4.69, 9.17) is 5.73 Å². The normalized spacial score (nSPS) is 9.62. The van der Waals surface area contributed by atoms with Gasteiger partial charge in [-0.2, -0.15) is 0 Å². The van der Waals surface area contributed by atoms with Crippen LogP contribution in [0.15, 0.2) is 35.9 Å². The molecule has 0 aromatic heterocycles. The number of hydrogen-bond acceptors (Lipinski definition) is 2. The summed E-state index contributed by atoms with van der Waals surface area (Å²) in [5, 5.41) is 0. The summed E-state index contributed by atoms with van der Waals surface area (Å²) in [6.07, 6.45) is 3.33. The highest BCUT2D eigenvalue weighted by Gasteiger charge is 1.73. The van der Waals surface area contributed by atoms with E-state index in [0.717, 1.165) is 0 Å². The molecule has 0 aromatic rings. The Balaban J connectivity index is 3.67. The number of nitrogens with two attached hydrogens (primary N) is 1. The lowest BCUT2D eigenvalue weighted by Crippen LogP contribution is -1.87. The Morgan fingerprint density at radius 1 is 1.38 bits per heavy atom. The number of rotatable bonds is 2. The highest BCUT2D eigenvalue weighted by atomic mass is 32.1. The number of thiol groups is 1. The molecule has 8 heavy (non-hydrogen) atoms. The quantitative estimate of drug-likeness (QED) is 0.426. The average Bonchev–Trinajstić information content (AvgIpc) is 1.61. The Morgan fingerprint density at radius 3 is 2.00 bits per heavy atom. The van der Waals surface area contributed by atoms with Gasteiger partial charge in [0.1, 0.15) is 0 Å². The zero-order valence-corrected chi connectivity index (χ0v) is 5.49. The van der Waals surface area contributed by atoms with Crippen molar-refractivity contribution < 1.29 is 0 Å². The zero-order valence-electron chi connectivity index (χ0n) is 4.59. The first-order valence-electron chi connectivity index (χ1n) is 2.13. The third-order valence-electron chi connectivity index (χ3n) is 0.490. The lowest BCUT2D eigenvalue weighted by atomic mass is 10.4. The second-order valence-corrected chi connectivity index (χ2v) is 1.97. The molecule has 0 radical (unpaired) electrons. The fourth-order valence-corrected chi connectivity index (χ4v) is 0.278. The van der Waals surface area contributed by atoms with E-state index in [2.05, 4.69) is 25.8 Å². The summed E-state index contributed by atoms with van der Waals surface area (Å²) in [5.74, 6) is 0. The van der Waals surface area contributed by atoms with Gasteiger partial charge in [0.2, 0.25) is 0 Å². The zero-order chi connectivity index (χ0) is 6.57. The first-order valence-corrected chi connectivity index (χ1v) is 2.58. The highest BCUT2D eigenvalue weighted by Crippen LogP contribution is 1.97. The van der Waals surface area contributed by atoms with Gasteiger partial charge in [0.15, 0.2) is 0 Å². The van der Waals surface area contributed by atoms with E-state index in [-0.39, 0.29) is 0 Å². The van der Waals surface area contributed by atoms with Gasteiger partial charge in [0.05, 0.1) is 0 Å². The second kappa shape index (κ2) is 3.38. The van der Waals surface area contributed by atoms with Crippen molar-refractivity contribution in [3.63, 3.8) is 0 Å². The lowest BCUT2D eigenvalue weighted by Gasteiger charge is -1.84. The van der Waals surface area contributed by atoms with Crippen molar-refractivity contribution in [2.45, 2.75) is 0 Å². The Morgan fingerprint density at radius 2 is 1.88 bits per heavy atom. The second-order valence-electron chi connectivity index (χ2n) is 1.40. The Hall–Kier alpha value is -0.630. The summed E-state index contributed by atoms with van der Waals surface area (Å²) in [6, 6.07) is 0. The first-order chi connectivity index (χ1) is 3.63. The van der Waals surface area contributed by atoms with Gasteiger partial charge in [-0.05, 0) is 17.1 Å². The fraction of sp³-hybridized carbons (Fsp3) is 0. The minimum Gasteiger partial charge on any atom is -0.399 e. The van der Waals surface area contributed by atoms with Crippen LogP contribution in [0.5, 0.6) is 0 Å². The largest absolute Gasteiger partial charge is 0.399 e. The molecule has 0 aliphatic rings. The molecule has 0 saturated carbocycles. The van der Waals surface area contributed by atoms with Crippen molar-refractivity contribution in [3.8, 4) is 0 Å². The van der Waals surface area contributed by atoms with E-state index in [9.17, 15) is 0 Å². The van der Waals surface area contributed by atoms with Crippen LogP contribution >= 0.6 is 12.6 Å². The maximum Gasteiger partial charge on any atom is 0.0241 e. The maximum absolute atomic E-state index is 5.18. The number of allylic oxidation sites excluding steroid dienone is 2. The molecule has 0 bridgehead atoms. The van der Waals surface area contributed by atoms with Gasteiger partial charge < -0.3 is 5.73 Å². The molecular weight excluding hydrogens is 118 g/mol. The number of hydrogen-bond donors (Lipinski definition) is 2. The smallest absolute Gasteiger partial charge is 0.0241 e. The molecule has 0 rings (SSSR count). The van der Waals surface area contributed by atoms with Crippen LogP contribution in [0.3, 0.4) is 0 Å². The third-order valence-corrected chi connectivity index (χ3v) is 0.639. The molecule has 0 aliphatic carbocycles. The molecule has 0 spiro atoms. The van der Waals surface area contributed by atoms with Gasteiger partial charge >= 0.3 is 0 Å². The van der Waals surface area contributed by atoms with Gasteiger partial charge in [0, 0.05) is 5.70 Å². The van der Waals surface area contributed by atoms with Crippen molar-refractivity contribution in [1.29, 1.82) is 0 Å².